The molecule has 0 aliphatic heterocycles. The summed E-state index contributed by atoms with van der Waals surface area (Å²) in [6, 6.07) is 2.54. The first-order valence-electron chi connectivity index (χ1n) is 6.03. The predicted molar refractivity (Wildman–Crippen MR) is 57.4 cm³/mol. The highest BCUT2D eigenvalue weighted by Gasteiger charge is 2.46. The van der Waals surface area contributed by atoms with Gasteiger partial charge in [0.15, 0.2) is 0 Å². The van der Waals surface area contributed by atoms with E-state index in [-0.39, 0.29) is 0 Å². The second-order valence-corrected chi connectivity index (χ2v) is 5.75. The second kappa shape index (κ2) is 3.57. The number of fused-ring (bicyclic) bond motifs is 3. The van der Waals surface area contributed by atoms with Gasteiger partial charge >= 0.3 is 0 Å². The molecule has 14 heavy (non-hydrogen) atoms. The van der Waals surface area contributed by atoms with E-state index in [1.165, 1.54) is 19.3 Å². The van der Waals surface area contributed by atoms with E-state index >= 15 is 0 Å². The zero-order valence-electron chi connectivity index (χ0n) is 9.53. The van der Waals surface area contributed by atoms with Crippen LogP contribution in [0, 0.1) is 46.8 Å². The topological polar surface area (TPSA) is 23.8 Å². The Labute approximate surface area is 87.5 Å². The molecule has 0 heterocycles. The first-order valence-corrected chi connectivity index (χ1v) is 6.03. The first kappa shape index (κ1) is 10.0. The van der Waals surface area contributed by atoms with Crippen LogP contribution in [0.15, 0.2) is 0 Å². The van der Waals surface area contributed by atoms with Gasteiger partial charge in [-0.1, -0.05) is 20.8 Å². The smallest absolute Gasteiger partial charge is 0.0658 e. The Balaban J connectivity index is 2.17. The Morgan fingerprint density at radius 3 is 2.43 bits per heavy atom. The van der Waals surface area contributed by atoms with E-state index in [0.717, 1.165) is 23.7 Å². The van der Waals surface area contributed by atoms with Crippen molar-refractivity contribution in [1.82, 2.24) is 0 Å². The summed E-state index contributed by atoms with van der Waals surface area (Å²) in [5, 5.41) is 9.15. The first-order chi connectivity index (χ1) is 6.63. The molecule has 0 radical (unpaired) electrons. The third-order valence-electron chi connectivity index (χ3n) is 4.67. The second-order valence-electron chi connectivity index (χ2n) is 5.75. The fourth-order valence-electron chi connectivity index (χ4n) is 3.76. The van der Waals surface area contributed by atoms with Gasteiger partial charge in [0.2, 0.25) is 0 Å². The van der Waals surface area contributed by atoms with Crippen molar-refractivity contribution in [2.75, 3.05) is 0 Å². The van der Waals surface area contributed by atoms with E-state index in [9.17, 15) is 0 Å². The van der Waals surface area contributed by atoms with Gasteiger partial charge in [-0.2, -0.15) is 5.26 Å². The highest BCUT2D eigenvalue weighted by molar-refractivity contribution is 5.02. The molecule has 1 heteroatoms. The van der Waals surface area contributed by atoms with Crippen LogP contribution in [0.3, 0.4) is 0 Å². The standard InChI is InChI=1S/C13H21N/c1-8(2)12-6-10-5-11(7-14)13(12)4-9(10)3/h8-13H,4-6H2,1-3H3/t9-,10-,11-,12+,13-/m1/s1. The zero-order chi connectivity index (χ0) is 10.3. The van der Waals surface area contributed by atoms with E-state index in [4.69, 9.17) is 5.26 Å². The lowest BCUT2D eigenvalue weighted by Crippen LogP contribution is -2.43. The third kappa shape index (κ3) is 1.45. The molecule has 0 aromatic rings. The van der Waals surface area contributed by atoms with Crippen molar-refractivity contribution in [3.8, 4) is 6.07 Å². The quantitative estimate of drug-likeness (QED) is 0.622. The van der Waals surface area contributed by atoms with Gasteiger partial charge in [-0.05, 0) is 48.9 Å². The molecule has 78 valence electrons. The van der Waals surface area contributed by atoms with Crippen molar-refractivity contribution < 1.29 is 0 Å². The lowest BCUT2D eigenvalue weighted by atomic mass is 9.54. The molecule has 3 rings (SSSR count). The Morgan fingerprint density at radius 2 is 1.93 bits per heavy atom. The van der Waals surface area contributed by atoms with Crippen LogP contribution in [0.25, 0.3) is 0 Å². The molecule has 1 nitrogen and oxygen atoms in total. The van der Waals surface area contributed by atoms with Gasteiger partial charge in [0, 0.05) is 5.92 Å². The van der Waals surface area contributed by atoms with Gasteiger partial charge in [-0.15, -0.1) is 0 Å². The van der Waals surface area contributed by atoms with Crippen LogP contribution in [0.2, 0.25) is 0 Å². The van der Waals surface area contributed by atoms with Crippen LogP contribution in [0.4, 0.5) is 0 Å². The van der Waals surface area contributed by atoms with Gasteiger partial charge in [0.25, 0.3) is 0 Å². The fraction of sp³-hybridized carbons (Fsp3) is 0.923. The molecule has 3 fully saturated rings. The number of hydrogen-bond acceptors (Lipinski definition) is 1. The molecule has 3 aliphatic rings. The SMILES string of the molecule is CC(C)[C@@H]1C[C@H]2C[C@H](C#N)[C@H]1C[C@H]2C. The number of nitriles is 1. The average Bonchev–Trinajstić information content (AvgIpc) is 2.17. The van der Waals surface area contributed by atoms with Gasteiger partial charge < -0.3 is 0 Å². The van der Waals surface area contributed by atoms with E-state index in [2.05, 4.69) is 26.8 Å². The average molecular weight is 191 g/mol. The van der Waals surface area contributed by atoms with Crippen molar-refractivity contribution in [3.63, 3.8) is 0 Å². The minimum atomic E-state index is 0.373. The molecule has 0 aromatic carbocycles. The van der Waals surface area contributed by atoms with Crippen molar-refractivity contribution >= 4 is 0 Å². The zero-order valence-corrected chi connectivity index (χ0v) is 9.53. The van der Waals surface area contributed by atoms with Crippen molar-refractivity contribution in [3.05, 3.63) is 0 Å². The largest absolute Gasteiger partial charge is 0.198 e. The molecular formula is C13H21N. The Bertz CT molecular complexity index is 250. The summed E-state index contributed by atoms with van der Waals surface area (Å²) < 4.78 is 0. The Kier molecular flexibility index (Phi) is 2.56. The normalized spacial score (nSPS) is 46.6. The molecule has 0 spiro atoms. The Hall–Kier alpha value is -0.510. The highest BCUT2D eigenvalue weighted by atomic mass is 14.5. The summed E-state index contributed by atoms with van der Waals surface area (Å²) in [7, 11) is 0. The number of nitrogens with zero attached hydrogens (tertiary/aromatic N) is 1. The summed E-state index contributed by atoms with van der Waals surface area (Å²) >= 11 is 0. The van der Waals surface area contributed by atoms with Crippen LogP contribution in [-0.2, 0) is 0 Å². The van der Waals surface area contributed by atoms with E-state index in [1.807, 2.05) is 0 Å². The Morgan fingerprint density at radius 1 is 1.21 bits per heavy atom. The molecule has 0 aromatic heterocycles. The monoisotopic (exact) mass is 191 g/mol. The maximum Gasteiger partial charge on any atom is 0.0658 e. The molecule has 3 saturated carbocycles. The van der Waals surface area contributed by atoms with Crippen LogP contribution in [0.1, 0.15) is 40.0 Å². The minimum absolute atomic E-state index is 0.373. The molecule has 2 bridgehead atoms. The summed E-state index contributed by atoms with van der Waals surface area (Å²) in [4.78, 5) is 0. The van der Waals surface area contributed by atoms with E-state index in [1.54, 1.807) is 0 Å². The molecule has 3 aliphatic carbocycles. The summed E-state index contributed by atoms with van der Waals surface area (Å²) in [6.45, 7) is 7.02. The van der Waals surface area contributed by atoms with Gasteiger partial charge in [0.05, 0.1) is 6.07 Å². The van der Waals surface area contributed by atoms with Crippen LogP contribution < -0.4 is 0 Å². The molecule has 0 unspecified atom stereocenters. The number of hydrogen-bond donors (Lipinski definition) is 0. The van der Waals surface area contributed by atoms with E-state index in [0.29, 0.717) is 11.8 Å². The van der Waals surface area contributed by atoms with Crippen molar-refractivity contribution in [2.24, 2.45) is 35.5 Å². The van der Waals surface area contributed by atoms with Crippen molar-refractivity contribution in [1.29, 1.82) is 5.26 Å². The predicted octanol–water partition coefficient (Wildman–Crippen LogP) is 3.46. The van der Waals surface area contributed by atoms with Crippen LogP contribution >= 0.6 is 0 Å². The van der Waals surface area contributed by atoms with Gasteiger partial charge in [-0.3, -0.25) is 0 Å². The lowest BCUT2D eigenvalue weighted by Gasteiger charge is -2.50. The van der Waals surface area contributed by atoms with Gasteiger partial charge in [0.1, 0.15) is 0 Å². The molecule has 5 atom stereocenters. The maximum atomic E-state index is 9.15. The van der Waals surface area contributed by atoms with Crippen LogP contribution in [0.5, 0.6) is 0 Å². The van der Waals surface area contributed by atoms with E-state index < -0.39 is 0 Å². The number of rotatable bonds is 1. The summed E-state index contributed by atoms with van der Waals surface area (Å²) in [6.07, 6.45) is 3.89. The van der Waals surface area contributed by atoms with Crippen LogP contribution in [-0.4, -0.2) is 0 Å². The lowest BCUT2D eigenvalue weighted by molar-refractivity contribution is -0.00274. The third-order valence-corrected chi connectivity index (χ3v) is 4.67. The molecular weight excluding hydrogens is 170 g/mol. The van der Waals surface area contributed by atoms with Gasteiger partial charge in [-0.25, -0.2) is 0 Å². The molecule has 0 amide bonds. The summed E-state index contributed by atoms with van der Waals surface area (Å²) in [5.41, 5.74) is 0. The maximum absolute atomic E-state index is 9.15. The highest BCUT2D eigenvalue weighted by Crippen LogP contribution is 2.52. The minimum Gasteiger partial charge on any atom is -0.198 e. The summed E-state index contributed by atoms with van der Waals surface area (Å²) in [5.74, 6) is 4.40. The fourth-order valence-corrected chi connectivity index (χ4v) is 3.76. The molecule has 0 N–H and O–H groups in total. The van der Waals surface area contributed by atoms with Crippen molar-refractivity contribution in [2.45, 2.75) is 40.0 Å². The molecule has 0 saturated heterocycles.